The predicted molar refractivity (Wildman–Crippen MR) is 102 cm³/mol. The lowest BCUT2D eigenvalue weighted by Gasteiger charge is -2.11. The fraction of sp³-hybridized carbons (Fsp3) is 0.238. The van der Waals surface area contributed by atoms with Crippen molar-refractivity contribution in [3.63, 3.8) is 0 Å². The standard InChI is InChI=1S/C21H23N3O/c22-18(13-15-4-2-1-3-5-15)14-19(25)8-6-16-7-9-20-17(12-16)10-11-24-21(20)23/h1-5,7,9-12,18H,6,8,13-14,22H2,(H2,23,24)/t18-/m0/s1. The molecule has 4 nitrogen and oxygen atoms in total. The molecule has 1 atom stereocenters. The number of Topliss-reactive ketones (excluding diaryl/α,β-unsaturated/α-hetero) is 1. The van der Waals surface area contributed by atoms with Gasteiger partial charge in [-0.3, -0.25) is 4.79 Å². The zero-order valence-corrected chi connectivity index (χ0v) is 14.2. The first-order valence-corrected chi connectivity index (χ1v) is 8.56. The van der Waals surface area contributed by atoms with E-state index < -0.39 is 0 Å². The zero-order valence-electron chi connectivity index (χ0n) is 14.2. The summed E-state index contributed by atoms with van der Waals surface area (Å²) in [6.45, 7) is 0. The maximum atomic E-state index is 12.2. The minimum Gasteiger partial charge on any atom is -0.383 e. The Kier molecular flexibility index (Phi) is 5.41. The SMILES string of the molecule is Nc1nccc2cc(CCC(=O)C[C@@H](N)Cc3ccccc3)ccc12. The summed E-state index contributed by atoms with van der Waals surface area (Å²) >= 11 is 0. The molecule has 25 heavy (non-hydrogen) atoms. The van der Waals surface area contributed by atoms with Crippen LogP contribution in [0.2, 0.25) is 0 Å². The molecule has 0 aliphatic heterocycles. The van der Waals surface area contributed by atoms with Crippen LogP contribution >= 0.6 is 0 Å². The van der Waals surface area contributed by atoms with Gasteiger partial charge in [-0.2, -0.15) is 0 Å². The second-order valence-corrected chi connectivity index (χ2v) is 6.44. The summed E-state index contributed by atoms with van der Waals surface area (Å²) in [5.41, 5.74) is 14.3. The molecule has 0 fully saturated rings. The second-order valence-electron chi connectivity index (χ2n) is 6.44. The summed E-state index contributed by atoms with van der Waals surface area (Å²) in [5, 5.41) is 2.00. The number of nitrogens with two attached hydrogens (primary N) is 2. The third-order valence-electron chi connectivity index (χ3n) is 4.38. The maximum Gasteiger partial charge on any atom is 0.134 e. The van der Waals surface area contributed by atoms with Gasteiger partial charge in [0, 0.05) is 30.5 Å². The number of pyridine rings is 1. The van der Waals surface area contributed by atoms with Crippen molar-refractivity contribution >= 4 is 22.4 Å². The quantitative estimate of drug-likeness (QED) is 0.695. The highest BCUT2D eigenvalue weighted by molar-refractivity contribution is 5.91. The average Bonchev–Trinajstić information content (AvgIpc) is 2.61. The highest BCUT2D eigenvalue weighted by Crippen LogP contribution is 2.20. The van der Waals surface area contributed by atoms with Gasteiger partial charge in [0.25, 0.3) is 0 Å². The number of fused-ring (bicyclic) bond motifs is 1. The number of hydrogen-bond donors (Lipinski definition) is 2. The van der Waals surface area contributed by atoms with Crippen molar-refractivity contribution in [3.05, 3.63) is 71.9 Å². The first-order valence-electron chi connectivity index (χ1n) is 8.56. The summed E-state index contributed by atoms with van der Waals surface area (Å²) in [4.78, 5) is 16.3. The molecule has 0 spiro atoms. The number of nitrogen functional groups attached to an aromatic ring is 1. The number of carbonyl (C=O) groups excluding carboxylic acids is 1. The van der Waals surface area contributed by atoms with Gasteiger partial charge in [-0.25, -0.2) is 4.98 Å². The van der Waals surface area contributed by atoms with Crippen molar-refractivity contribution in [3.8, 4) is 0 Å². The third kappa shape index (κ3) is 4.64. The first-order chi connectivity index (χ1) is 12.1. The lowest BCUT2D eigenvalue weighted by molar-refractivity contribution is -0.119. The smallest absolute Gasteiger partial charge is 0.134 e. The van der Waals surface area contributed by atoms with Crippen molar-refractivity contribution in [2.75, 3.05) is 5.73 Å². The fourth-order valence-corrected chi connectivity index (χ4v) is 3.07. The highest BCUT2D eigenvalue weighted by atomic mass is 16.1. The van der Waals surface area contributed by atoms with Gasteiger partial charge < -0.3 is 11.5 Å². The van der Waals surface area contributed by atoms with Crippen LogP contribution in [0.4, 0.5) is 5.82 Å². The van der Waals surface area contributed by atoms with E-state index in [-0.39, 0.29) is 11.8 Å². The molecule has 0 radical (unpaired) electrons. The van der Waals surface area contributed by atoms with E-state index in [1.165, 1.54) is 5.56 Å². The van der Waals surface area contributed by atoms with Gasteiger partial charge in [0.05, 0.1) is 0 Å². The lowest BCUT2D eigenvalue weighted by atomic mass is 9.98. The Bertz CT molecular complexity index is 861. The normalized spacial score (nSPS) is 12.2. The molecular formula is C21H23N3O. The van der Waals surface area contributed by atoms with Gasteiger partial charge in [0.1, 0.15) is 11.6 Å². The predicted octanol–water partition coefficient (Wildman–Crippen LogP) is 3.28. The number of benzene rings is 2. The van der Waals surface area contributed by atoms with Gasteiger partial charge in [-0.05, 0) is 35.4 Å². The molecular weight excluding hydrogens is 310 g/mol. The van der Waals surface area contributed by atoms with E-state index in [1.54, 1.807) is 6.20 Å². The van der Waals surface area contributed by atoms with E-state index >= 15 is 0 Å². The Morgan fingerprint density at radius 1 is 1.04 bits per heavy atom. The largest absolute Gasteiger partial charge is 0.383 e. The van der Waals surface area contributed by atoms with Crippen LogP contribution in [-0.2, 0) is 17.6 Å². The molecule has 2 aromatic carbocycles. The van der Waals surface area contributed by atoms with Gasteiger partial charge in [-0.15, -0.1) is 0 Å². The summed E-state index contributed by atoms with van der Waals surface area (Å²) in [7, 11) is 0. The topological polar surface area (TPSA) is 82.0 Å². The number of ketones is 1. The maximum absolute atomic E-state index is 12.2. The average molecular weight is 333 g/mol. The third-order valence-corrected chi connectivity index (χ3v) is 4.38. The van der Waals surface area contributed by atoms with Crippen LogP contribution in [0.5, 0.6) is 0 Å². The Balaban J connectivity index is 1.53. The van der Waals surface area contributed by atoms with Crippen molar-refractivity contribution in [1.29, 1.82) is 0 Å². The first kappa shape index (κ1) is 17.1. The van der Waals surface area contributed by atoms with Crippen LogP contribution in [0.1, 0.15) is 24.0 Å². The monoisotopic (exact) mass is 333 g/mol. The summed E-state index contributed by atoms with van der Waals surface area (Å²) < 4.78 is 0. The van der Waals surface area contributed by atoms with Gasteiger partial charge in [0.2, 0.25) is 0 Å². The number of carbonyl (C=O) groups is 1. The molecule has 1 aromatic heterocycles. The van der Waals surface area contributed by atoms with Crippen molar-refractivity contribution in [2.45, 2.75) is 31.7 Å². The number of nitrogens with zero attached hydrogens (tertiary/aromatic N) is 1. The van der Waals surface area contributed by atoms with E-state index in [2.05, 4.69) is 11.1 Å². The number of aromatic nitrogens is 1. The summed E-state index contributed by atoms with van der Waals surface area (Å²) in [6, 6.07) is 17.9. The van der Waals surface area contributed by atoms with Crippen LogP contribution in [0, 0.1) is 0 Å². The minimum absolute atomic E-state index is 0.127. The van der Waals surface area contributed by atoms with Gasteiger partial charge in [-0.1, -0.05) is 48.5 Å². The highest BCUT2D eigenvalue weighted by Gasteiger charge is 2.11. The lowest BCUT2D eigenvalue weighted by Crippen LogP contribution is -2.26. The van der Waals surface area contributed by atoms with Crippen LogP contribution in [-0.4, -0.2) is 16.8 Å². The Labute approximate surface area is 147 Å². The van der Waals surface area contributed by atoms with Crippen LogP contribution in [0.3, 0.4) is 0 Å². The van der Waals surface area contributed by atoms with Crippen molar-refractivity contribution < 1.29 is 4.79 Å². The fourth-order valence-electron chi connectivity index (χ4n) is 3.07. The molecule has 4 heteroatoms. The number of anilines is 1. The number of hydrogen-bond acceptors (Lipinski definition) is 4. The summed E-state index contributed by atoms with van der Waals surface area (Å²) in [5.74, 6) is 0.741. The molecule has 0 saturated heterocycles. The minimum atomic E-state index is -0.127. The van der Waals surface area contributed by atoms with Gasteiger partial charge in [0.15, 0.2) is 0 Å². The Morgan fingerprint density at radius 2 is 1.84 bits per heavy atom. The van der Waals surface area contributed by atoms with Crippen LogP contribution < -0.4 is 11.5 Å². The van der Waals surface area contributed by atoms with Crippen LogP contribution in [0.25, 0.3) is 10.8 Å². The Morgan fingerprint density at radius 3 is 2.64 bits per heavy atom. The van der Waals surface area contributed by atoms with E-state index in [0.29, 0.717) is 18.7 Å². The molecule has 3 aromatic rings. The van der Waals surface area contributed by atoms with Crippen molar-refractivity contribution in [2.24, 2.45) is 5.73 Å². The van der Waals surface area contributed by atoms with E-state index in [9.17, 15) is 4.79 Å². The van der Waals surface area contributed by atoms with Gasteiger partial charge >= 0.3 is 0 Å². The Hall–Kier alpha value is -2.72. The second kappa shape index (κ2) is 7.90. The molecule has 1 heterocycles. The molecule has 0 bridgehead atoms. The molecule has 0 unspecified atom stereocenters. The molecule has 0 aliphatic carbocycles. The zero-order chi connectivity index (χ0) is 17.6. The van der Waals surface area contributed by atoms with Crippen molar-refractivity contribution in [1.82, 2.24) is 4.98 Å². The van der Waals surface area contributed by atoms with E-state index in [1.807, 2.05) is 48.5 Å². The van der Waals surface area contributed by atoms with E-state index in [0.717, 1.165) is 29.2 Å². The number of aryl methyl sites for hydroxylation is 1. The number of rotatable bonds is 7. The molecule has 4 N–H and O–H groups in total. The molecule has 3 rings (SSSR count). The molecule has 0 saturated carbocycles. The molecule has 0 aliphatic rings. The van der Waals surface area contributed by atoms with E-state index in [4.69, 9.17) is 11.5 Å². The molecule has 0 amide bonds. The van der Waals surface area contributed by atoms with Crippen LogP contribution in [0.15, 0.2) is 60.8 Å². The molecule has 128 valence electrons. The summed E-state index contributed by atoms with van der Waals surface area (Å²) in [6.07, 6.45) is 4.08.